The maximum Gasteiger partial charge on any atom is -0.00261 e. The van der Waals surface area contributed by atoms with Crippen molar-refractivity contribution in [2.24, 2.45) is 0 Å². The lowest BCUT2D eigenvalue weighted by molar-refractivity contribution is 1.60. The van der Waals surface area contributed by atoms with Gasteiger partial charge in [0.15, 0.2) is 0 Å². The van der Waals surface area contributed by atoms with Gasteiger partial charge in [0, 0.05) is 0 Å². The monoisotopic (exact) mass is 658 g/mol. The van der Waals surface area contributed by atoms with Crippen LogP contribution in [0.15, 0.2) is 206 Å². The molecule has 0 heterocycles. The third-order valence-corrected chi connectivity index (χ3v) is 10.6. The lowest BCUT2D eigenvalue weighted by atomic mass is 9.84. The van der Waals surface area contributed by atoms with E-state index in [-0.39, 0.29) is 0 Å². The second-order valence-corrected chi connectivity index (χ2v) is 13.6. The molecule has 0 atom stereocenters. The molecule has 52 heavy (non-hydrogen) atoms. The highest BCUT2D eigenvalue weighted by Gasteiger charge is 2.19. The Kier molecular flexibility index (Phi) is 7.25. The van der Waals surface area contributed by atoms with Crippen LogP contribution in [0.2, 0.25) is 0 Å². The fourth-order valence-corrected chi connectivity index (χ4v) is 8.30. The van der Waals surface area contributed by atoms with Gasteiger partial charge >= 0.3 is 0 Å². The van der Waals surface area contributed by atoms with Gasteiger partial charge in [0.1, 0.15) is 0 Å². The number of rotatable bonds is 5. The molecular weight excluding hydrogens is 625 g/mol. The fraction of sp³-hybridized carbons (Fsp3) is 0. The Balaban J connectivity index is 1.28. The molecule has 10 aromatic rings. The lowest BCUT2D eigenvalue weighted by Gasteiger charge is -2.19. The van der Waals surface area contributed by atoms with E-state index in [4.69, 9.17) is 0 Å². The molecule has 0 bridgehead atoms. The van der Waals surface area contributed by atoms with Gasteiger partial charge in [-0.3, -0.25) is 0 Å². The Morgan fingerprint density at radius 2 is 0.673 bits per heavy atom. The van der Waals surface area contributed by atoms with Crippen molar-refractivity contribution in [3.8, 4) is 55.6 Å². The molecule has 0 saturated heterocycles. The topological polar surface area (TPSA) is 0 Å². The van der Waals surface area contributed by atoms with E-state index in [0.29, 0.717) is 0 Å². The Morgan fingerprint density at radius 1 is 0.192 bits per heavy atom. The Labute approximate surface area is 303 Å². The van der Waals surface area contributed by atoms with Crippen LogP contribution in [0.1, 0.15) is 0 Å². The average Bonchev–Trinajstić information content (AvgIpc) is 3.22. The average molecular weight is 659 g/mol. The van der Waals surface area contributed by atoms with E-state index in [9.17, 15) is 0 Å². The first kappa shape index (κ1) is 30.1. The lowest BCUT2D eigenvalue weighted by Crippen LogP contribution is -1.92. The summed E-state index contributed by atoms with van der Waals surface area (Å²) in [6.45, 7) is 0. The Bertz CT molecular complexity index is 2870. The highest BCUT2D eigenvalue weighted by molar-refractivity contribution is 6.22. The molecule has 10 aromatic carbocycles. The molecule has 0 saturated carbocycles. The van der Waals surface area contributed by atoms with Crippen LogP contribution in [0.25, 0.3) is 98.7 Å². The first-order valence-corrected chi connectivity index (χ1v) is 18.0. The third-order valence-electron chi connectivity index (χ3n) is 10.6. The number of hydrogen-bond donors (Lipinski definition) is 0. The van der Waals surface area contributed by atoms with Crippen molar-refractivity contribution >= 4 is 43.1 Å². The molecule has 0 nitrogen and oxygen atoms in total. The summed E-state index contributed by atoms with van der Waals surface area (Å²) in [5.74, 6) is 0. The summed E-state index contributed by atoms with van der Waals surface area (Å²) >= 11 is 0. The highest BCUT2D eigenvalue weighted by Crippen LogP contribution is 2.46. The van der Waals surface area contributed by atoms with Gasteiger partial charge in [0.2, 0.25) is 0 Å². The van der Waals surface area contributed by atoms with Gasteiger partial charge in [-0.05, 0) is 117 Å². The van der Waals surface area contributed by atoms with Crippen LogP contribution in [-0.2, 0) is 0 Å². The van der Waals surface area contributed by atoms with Crippen molar-refractivity contribution in [1.82, 2.24) is 0 Å². The zero-order valence-electron chi connectivity index (χ0n) is 28.6. The molecule has 0 fully saturated rings. The summed E-state index contributed by atoms with van der Waals surface area (Å²) < 4.78 is 0. The molecule has 0 radical (unpaired) electrons. The number of benzene rings is 10. The molecule has 0 aliphatic rings. The van der Waals surface area contributed by atoms with Gasteiger partial charge in [-0.2, -0.15) is 0 Å². The molecule has 0 amide bonds. The second kappa shape index (κ2) is 12.5. The molecule has 0 aromatic heterocycles. The van der Waals surface area contributed by atoms with Crippen LogP contribution in [0.4, 0.5) is 0 Å². The largest absolute Gasteiger partial charge is 0.0622 e. The molecule has 242 valence electrons. The predicted octanol–water partition coefficient (Wildman–Crippen LogP) is 14.6. The van der Waals surface area contributed by atoms with Crippen LogP contribution in [0.3, 0.4) is 0 Å². The van der Waals surface area contributed by atoms with Crippen molar-refractivity contribution in [3.63, 3.8) is 0 Å². The molecule has 0 aliphatic heterocycles. The summed E-state index contributed by atoms with van der Waals surface area (Å²) in [7, 11) is 0. The SMILES string of the molecule is c1ccc(-c2cc(-c3ccccc3-c3cccc4ccccc34)c3cc(-c4c5ccccc5c(-c5ccccc5)c5ccccc45)ccc3c2)cc1. The van der Waals surface area contributed by atoms with Crippen LogP contribution < -0.4 is 0 Å². The normalized spacial score (nSPS) is 11.5. The van der Waals surface area contributed by atoms with Gasteiger partial charge in [0.25, 0.3) is 0 Å². The Hall–Kier alpha value is -6.76. The maximum atomic E-state index is 2.44. The molecule has 0 N–H and O–H groups in total. The zero-order chi connectivity index (χ0) is 34.4. The van der Waals surface area contributed by atoms with E-state index in [2.05, 4.69) is 206 Å². The molecule has 0 aliphatic carbocycles. The van der Waals surface area contributed by atoms with Gasteiger partial charge in [-0.1, -0.05) is 188 Å². The van der Waals surface area contributed by atoms with Crippen molar-refractivity contribution in [2.45, 2.75) is 0 Å². The standard InChI is InChI=1S/C52H34/c1-3-16-35(17-4-1)40-32-38-30-31-39(52-47-27-13-11-25-45(47)51(37-19-5-2-6-20-37)46-26-12-14-28-48(46)52)33-49(38)50(34-40)44-24-10-9-23-43(44)42-29-15-21-36-18-7-8-22-41(36)42/h1-34H. The van der Waals surface area contributed by atoms with E-state index < -0.39 is 0 Å². The van der Waals surface area contributed by atoms with Crippen molar-refractivity contribution in [3.05, 3.63) is 206 Å². The minimum absolute atomic E-state index is 1.21. The first-order valence-electron chi connectivity index (χ1n) is 18.0. The highest BCUT2D eigenvalue weighted by atomic mass is 14.2. The number of hydrogen-bond acceptors (Lipinski definition) is 0. The van der Waals surface area contributed by atoms with E-state index in [1.807, 2.05) is 0 Å². The number of fused-ring (bicyclic) bond motifs is 4. The summed E-state index contributed by atoms with van der Waals surface area (Å²) in [6, 6.07) is 75.6. The Morgan fingerprint density at radius 3 is 1.33 bits per heavy atom. The van der Waals surface area contributed by atoms with E-state index >= 15 is 0 Å². The zero-order valence-corrected chi connectivity index (χ0v) is 28.6. The summed E-state index contributed by atoms with van der Waals surface area (Å²) in [6.07, 6.45) is 0. The van der Waals surface area contributed by atoms with Crippen LogP contribution >= 0.6 is 0 Å². The fourth-order valence-electron chi connectivity index (χ4n) is 8.30. The van der Waals surface area contributed by atoms with E-state index in [1.54, 1.807) is 0 Å². The van der Waals surface area contributed by atoms with Crippen LogP contribution in [-0.4, -0.2) is 0 Å². The van der Waals surface area contributed by atoms with E-state index in [1.165, 1.54) is 98.7 Å². The van der Waals surface area contributed by atoms with Gasteiger partial charge in [-0.15, -0.1) is 0 Å². The van der Waals surface area contributed by atoms with Crippen molar-refractivity contribution in [2.75, 3.05) is 0 Å². The van der Waals surface area contributed by atoms with Gasteiger partial charge in [0.05, 0.1) is 0 Å². The molecule has 10 rings (SSSR count). The van der Waals surface area contributed by atoms with Gasteiger partial charge < -0.3 is 0 Å². The molecule has 0 spiro atoms. The van der Waals surface area contributed by atoms with Gasteiger partial charge in [-0.25, -0.2) is 0 Å². The molecule has 0 heteroatoms. The minimum Gasteiger partial charge on any atom is -0.0622 e. The van der Waals surface area contributed by atoms with Crippen molar-refractivity contribution in [1.29, 1.82) is 0 Å². The smallest absolute Gasteiger partial charge is 0.00261 e. The van der Waals surface area contributed by atoms with E-state index in [0.717, 1.165) is 0 Å². The summed E-state index contributed by atoms with van der Waals surface area (Å²) in [4.78, 5) is 0. The molecule has 0 unspecified atom stereocenters. The summed E-state index contributed by atoms with van der Waals surface area (Å²) in [5.41, 5.74) is 12.4. The predicted molar refractivity (Wildman–Crippen MR) is 224 cm³/mol. The maximum absolute atomic E-state index is 2.44. The summed E-state index contributed by atoms with van der Waals surface area (Å²) in [5, 5.41) is 10.0. The second-order valence-electron chi connectivity index (χ2n) is 13.6. The minimum atomic E-state index is 1.21. The third kappa shape index (κ3) is 5.00. The van der Waals surface area contributed by atoms with Crippen molar-refractivity contribution < 1.29 is 0 Å². The quantitative estimate of drug-likeness (QED) is 0.161. The molecular formula is C52H34. The van der Waals surface area contributed by atoms with Crippen LogP contribution in [0.5, 0.6) is 0 Å². The first-order chi connectivity index (χ1) is 25.8. The van der Waals surface area contributed by atoms with Crippen LogP contribution in [0, 0.1) is 0 Å².